The maximum atomic E-state index is 12.9. The Morgan fingerprint density at radius 1 is 1.06 bits per heavy atom. The number of nitrogens with one attached hydrogen (secondary N) is 3. The van der Waals surface area contributed by atoms with Gasteiger partial charge in [0.25, 0.3) is 0 Å². The van der Waals surface area contributed by atoms with E-state index in [1.54, 1.807) is 34.8 Å². The van der Waals surface area contributed by atoms with E-state index >= 15 is 0 Å². The molecule has 6 rings (SSSR count). The van der Waals surface area contributed by atoms with Gasteiger partial charge in [-0.1, -0.05) is 0 Å². The molecule has 11 nitrogen and oxygen atoms in total. The Morgan fingerprint density at radius 2 is 1.94 bits per heavy atom. The van der Waals surface area contributed by atoms with Gasteiger partial charge in [-0.15, -0.1) is 0 Å². The number of hydrogen-bond donors (Lipinski definition) is 3. The number of hydrogen-bond acceptors (Lipinski definition) is 8. The molecule has 11 heteroatoms. The average molecular weight is 442 g/mol. The van der Waals surface area contributed by atoms with Crippen molar-refractivity contribution in [2.45, 2.75) is 18.9 Å². The van der Waals surface area contributed by atoms with Crippen molar-refractivity contribution in [1.29, 1.82) is 0 Å². The third kappa shape index (κ3) is 3.33. The van der Waals surface area contributed by atoms with Crippen LogP contribution < -0.4 is 16.3 Å². The molecule has 5 aromatic heterocycles. The molecule has 3 N–H and O–H groups in total. The predicted octanol–water partition coefficient (Wildman–Crippen LogP) is 2.13. The first-order valence-corrected chi connectivity index (χ1v) is 10.9. The van der Waals surface area contributed by atoms with Crippen molar-refractivity contribution < 1.29 is 0 Å². The number of aryl methyl sites for hydroxylation is 1. The summed E-state index contributed by atoms with van der Waals surface area (Å²) in [5, 5.41) is 14.0. The zero-order valence-corrected chi connectivity index (χ0v) is 18.0. The first kappa shape index (κ1) is 19.6. The Bertz CT molecular complexity index is 1520. The Hall–Kier alpha value is -4.12. The van der Waals surface area contributed by atoms with Crippen molar-refractivity contribution in [3.63, 3.8) is 0 Å². The third-order valence-corrected chi connectivity index (χ3v) is 6.07. The highest BCUT2D eigenvalue weighted by Crippen LogP contribution is 2.27. The number of fused-ring (bicyclic) bond motifs is 2. The van der Waals surface area contributed by atoms with Gasteiger partial charge in [0, 0.05) is 37.1 Å². The second-order valence-electron chi connectivity index (χ2n) is 8.12. The number of anilines is 2. The molecule has 0 aliphatic carbocycles. The van der Waals surface area contributed by atoms with Gasteiger partial charge in [-0.05, 0) is 44.1 Å². The van der Waals surface area contributed by atoms with Crippen molar-refractivity contribution in [1.82, 2.24) is 44.6 Å². The Labute approximate surface area is 187 Å². The van der Waals surface area contributed by atoms with Gasteiger partial charge in [-0.3, -0.25) is 24.2 Å². The summed E-state index contributed by atoms with van der Waals surface area (Å²) in [7, 11) is 1.73. The molecule has 5 aromatic rings. The van der Waals surface area contributed by atoms with E-state index in [1.807, 2.05) is 24.3 Å². The lowest BCUT2D eigenvalue weighted by molar-refractivity contribution is 0.365. The molecule has 0 spiro atoms. The lowest BCUT2D eigenvalue weighted by atomic mass is 10.1. The van der Waals surface area contributed by atoms with E-state index in [2.05, 4.69) is 35.8 Å². The molecule has 0 amide bonds. The minimum absolute atomic E-state index is 0.0897. The summed E-state index contributed by atoms with van der Waals surface area (Å²) in [5.74, 6) is 1.11. The molecule has 0 saturated carbocycles. The third-order valence-electron chi connectivity index (χ3n) is 6.07. The van der Waals surface area contributed by atoms with Crippen LogP contribution in [0.25, 0.3) is 33.6 Å². The summed E-state index contributed by atoms with van der Waals surface area (Å²) in [5.41, 5.74) is 4.39. The first-order valence-electron chi connectivity index (χ1n) is 10.9. The van der Waals surface area contributed by atoms with Crippen LogP contribution in [0.4, 0.5) is 11.6 Å². The van der Waals surface area contributed by atoms with Gasteiger partial charge in [0.2, 0.25) is 0 Å². The molecule has 0 unspecified atom stereocenters. The molecular weight excluding hydrogens is 420 g/mol. The monoisotopic (exact) mass is 442 g/mol. The van der Waals surface area contributed by atoms with Crippen LogP contribution in [-0.4, -0.2) is 52.4 Å². The first-order chi connectivity index (χ1) is 16.2. The molecule has 1 saturated heterocycles. The van der Waals surface area contributed by atoms with Gasteiger partial charge in [0.05, 0.1) is 22.9 Å². The van der Waals surface area contributed by atoms with Crippen LogP contribution in [0.15, 0.2) is 47.7 Å². The van der Waals surface area contributed by atoms with E-state index in [9.17, 15) is 4.79 Å². The van der Waals surface area contributed by atoms with E-state index in [0.29, 0.717) is 22.9 Å². The summed E-state index contributed by atoms with van der Waals surface area (Å²) in [6, 6.07) is 7.69. The van der Waals surface area contributed by atoms with E-state index in [1.165, 1.54) is 0 Å². The Balaban J connectivity index is 1.35. The fraction of sp³-hybridized carbons (Fsp3) is 0.273. The van der Waals surface area contributed by atoms with Crippen molar-refractivity contribution in [3.8, 4) is 11.3 Å². The molecule has 0 bridgehead atoms. The maximum absolute atomic E-state index is 12.9. The number of aromatic amines is 1. The SMILES string of the molecule is Cn1c(=O)n(C2CCNCC2)c2nc(Nc3cc(-c4ccnc5cccnc45)[nH]n3)cnc21. The summed E-state index contributed by atoms with van der Waals surface area (Å²) in [6.07, 6.45) is 6.88. The van der Waals surface area contributed by atoms with Gasteiger partial charge in [-0.2, -0.15) is 5.10 Å². The normalized spacial score (nSPS) is 14.8. The van der Waals surface area contributed by atoms with Gasteiger partial charge in [0.15, 0.2) is 22.9 Å². The molecule has 166 valence electrons. The Kier molecular flexibility index (Phi) is 4.61. The molecule has 1 fully saturated rings. The summed E-state index contributed by atoms with van der Waals surface area (Å²) in [6.45, 7) is 1.76. The second kappa shape index (κ2) is 7.78. The fourth-order valence-corrected chi connectivity index (χ4v) is 4.42. The van der Waals surface area contributed by atoms with E-state index in [4.69, 9.17) is 4.98 Å². The lowest BCUT2D eigenvalue weighted by Crippen LogP contribution is -2.34. The largest absolute Gasteiger partial charge is 0.331 e. The van der Waals surface area contributed by atoms with Crippen LogP contribution in [0.2, 0.25) is 0 Å². The average Bonchev–Trinajstić information content (AvgIpc) is 3.41. The van der Waals surface area contributed by atoms with Crippen LogP contribution >= 0.6 is 0 Å². The molecule has 0 aromatic carbocycles. The number of nitrogens with zero attached hydrogens (tertiary/aromatic N) is 7. The summed E-state index contributed by atoms with van der Waals surface area (Å²) >= 11 is 0. The zero-order chi connectivity index (χ0) is 22.4. The number of pyridine rings is 2. The molecule has 1 aliphatic heterocycles. The maximum Gasteiger partial charge on any atom is 0.331 e. The molecule has 1 aliphatic rings. The van der Waals surface area contributed by atoms with Crippen LogP contribution in [-0.2, 0) is 7.05 Å². The second-order valence-corrected chi connectivity index (χ2v) is 8.12. The molecule has 0 atom stereocenters. The standard InChI is InChI=1S/C22H22N10O/c1-31-20-21(32(22(31)33)13-4-8-23-9-5-13)28-18(12-26-20)27-17-11-16(29-30-17)14-6-10-24-15-3-2-7-25-19(14)15/h2-3,6-7,10-13,23H,4-5,8-9H2,1H3,(H2,27,28,29,30). The highest BCUT2D eigenvalue weighted by molar-refractivity contribution is 5.90. The number of imidazole rings is 1. The van der Waals surface area contributed by atoms with E-state index in [0.717, 1.165) is 48.2 Å². The molecule has 6 heterocycles. The highest BCUT2D eigenvalue weighted by atomic mass is 16.1. The van der Waals surface area contributed by atoms with E-state index < -0.39 is 0 Å². The smallest absolute Gasteiger partial charge is 0.322 e. The highest BCUT2D eigenvalue weighted by Gasteiger charge is 2.23. The molecule has 33 heavy (non-hydrogen) atoms. The van der Waals surface area contributed by atoms with Crippen LogP contribution in [0, 0.1) is 0 Å². The number of H-pyrrole nitrogens is 1. The number of aromatic nitrogens is 8. The van der Waals surface area contributed by atoms with E-state index in [-0.39, 0.29) is 11.7 Å². The lowest BCUT2D eigenvalue weighted by Gasteiger charge is -2.23. The molecule has 0 radical (unpaired) electrons. The zero-order valence-electron chi connectivity index (χ0n) is 18.0. The Morgan fingerprint density at radius 3 is 2.82 bits per heavy atom. The minimum atomic E-state index is -0.0897. The predicted molar refractivity (Wildman–Crippen MR) is 124 cm³/mol. The van der Waals surface area contributed by atoms with Crippen LogP contribution in [0.1, 0.15) is 18.9 Å². The summed E-state index contributed by atoms with van der Waals surface area (Å²) < 4.78 is 3.33. The molecular formula is C22H22N10O. The van der Waals surface area contributed by atoms with Crippen molar-refractivity contribution in [2.24, 2.45) is 7.05 Å². The van der Waals surface area contributed by atoms with Gasteiger partial charge >= 0.3 is 5.69 Å². The van der Waals surface area contributed by atoms with Crippen LogP contribution in [0.3, 0.4) is 0 Å². The van der Waals surface area contributed by atoms with Crippen molar-refractivity contribution in [2.75, 3.05) is 18.4 Å². The van der Waals surface area contributed by atoms with Crippen molar-refractivity contribution in [3.05, 3.63) is 53.3 Å². The van der Waals surface area contributed by atoms with Gasteiger partial charge in [-0.25, -0.2) is 14.8 Å². The topological polar surface area (TPSA) is 131 Å². The minimum Gasteiger partial charge on any atom is -0.322 e. The quantitative estimate of drug-likeness (QED) is 0.386. The number of piperidine rings is 1. The number of rotatable bonds is 4. The van der Waals surface area contributed by atoms with Crippen molar-refractivity contribution >= 4 is 34.0 Å². The van der Waals surface area contributed by atoms with Gasteiger partial charge in [0.1, 0.15) is 0 Å². The van der Waals surface area contributed by atoms with Crippen LogP contribution in [0.5, 0.6) is 0 Å². The fourth-order valence-electron chi connectivity index (χ4n) is 4.42. The summed E-state index contributed by atoms with van der Waals surface area (Å²) in [4.78, 5) is 31.0. The van der Waals surface area contributed by atoms with Gasteiger partial charge < -0.3 is 10.6 Å².